The predicted molar refractivity (Wildman–Crippen MR) is 116 cm³/mol. The van der Waals surface area contributed by atoms with Crippen LogP contribution in [0.15, 0.2) is 48.5 Å². The van der Waals surface area contributed by atoms with E-state index in [1.165, 1.54) is 18.6 Å². The molecule has 1 saturated carbocycles. The van der Waals surface area contributed by atoms with E-state index in [4.69, 9.17) is 0 Å². The maximum Gasteiger partial charge on any atom is 0.253 e. The van der Waals surface area contributed by atoms with E-state index in [9.17, 15) is 14.3 Å². The molecule has 0 aromatic heterocycles. The van der Waals surface area contributed by atoms with Crippen molar-refractivity contribution in [1.29, 1.82) is 0 Å². The highest BCUT2D eigenvalue weighted by Crippen LogP contribution is 2.27. The number of hydrogen-bond acceptors (Lipinski definition) is 3. The van der Waals surface area contributed by atoms with E-state index in [-0.39, 0.29) is 11.7 Å². The fraction of sp³-hybridized carbons (Fsp3) is 0.400. The van der Waals surface area contributed by atoms with Crippen molar-refractivity contribution in [3.63, 3.8) is 0 Å². The average molecular weight is 407 g/mol. The van der Waals surface area contributed by atoms with Crippen molar-refractivity contribution in [3.8, 4) is 11.8 Å². The Hall–Kier alpha value is -2.84. The summed E-state index contributed by atoms with van der Waals surface area (Å²) in [5.41, 5.74) is 1.57. The standard InChI is InChI=1S/C25H27FN2O2/c26-22-8-10-23(11-9-22)27-16-18-28(19-17-27)24(29)21-6-4-20(5-7-21)12-15-25(30)13-2-1-3-14-25/h4-11,30H,1-3,13-14,16-19H2. The van der Waals surface area contributed by atoms with E-state index >= 15 is 0 Å². The number of nitrogens with zero attached hydrogens (tertiary/aromatic N) is 2. The summed E-state index contributed by atoms with van der Waals surface area (Å²) < 4.78 is 13.1. The molecule has 4 nitrogen and oxygen atoms in total. The second kappa shape index (κ2) is 8.89. The van der Waals surface area contributed by atoms with E-state index in [0.717, 1.165) is 50.0 Å². The van der Waals surface area contributed by atoms with E-state index in [1.54, 1.807) is 12.1 Å². The van der Waals surface area contributed by atoms with Gasteiger partial charge in [-0.25, -0.2) is 4.39 Å². The first-order chi connectivity index (χ1) is 14.5. The number of rotatable bonds is 2. The van der Waals surface area contributed by atoms with E-state index < -0.39 is 5.60 Å². The van der Waals surface area contributed by atoms with Crippen LogP contribution in [0.3, 0.4) is 0 Å². The highest BCUT2D eigenvalue weighted by atomic mass is 19.1. The number of halogens is 1. The summed E-state index contributed by atoms with van der Waals surface area (Å²) in [5.74, 6) is 5.87. The molecule has 2 aliphatic rings. The summed E-state index contributed by atoms with van der Waals surface area (Å²) >= 11 is 0. The first kappa shape index (κ1) is 20.4. The molecule has 2 aromatic carbocycles. The molecule has 156 valence electrons. The SMILES string of the molecule is O=C(c1ccc(C#CC2(O)CCCCC2)cc1)N1CCN(c2ccc(F)cc2)CC1. The smallest absolute Gasteiger partial charge is 0.253 e. The van der Waals surface area contributed by atoms with Gasteiger partial charge in [-0.3, -0.25) is 4.79 Å². The van der Waals surface area contributed by atoms with Gasteiger partial charge < -0.3 is 14.9 Å². The largest absolute Gasteiger partial charge is 0.378 e. The van der Waals surface area contributed by atoms with Crippen LogP contribution in [0, 0.1) is 17.7 Å². The molecule has 1 aliphatic carbocycles. The van der Waals surface area contributed by atoms with Gasteiger partial charge in [0.1, 0.15) is 11.4 Å². The zero-order valence-corrected chi connectivity index (χ0v) is 17.1. The van der Waals surface area contributed by atoms with Crippen molar-refractivity contribution in [2.75, 3.05) is 31.1 Å². The minimum absolute atomic E-state index is 0.0131. The third kappa shape index (κ3) is 4.83. The Morgan fingerprint density at radius 2 is 1.53 bits per heavy atom. The lowest BCUT2D eigenvalue weighted by Crippen LogP contribution is -2.48. The summed E-state index contributed by atoms with van der Waals surface area (Å²) in [7, 11) is 0. The summed E-state index contributed by atoms with van der Waals surface area (Å²) in [5, 5.41) is 10.5. The first-order valence-electron chi connectivity index (χ1n) is 10.7. The molecule has 1 amide bonds. The quantitative estimate of drug-likeness (QED) is 0.771. The maximum absolute atomic E-state index is 13.1. The van der Waals surface area contributed by atoms with E-state index in [2.05, 4.69) is 16.7 Å². The van der Waals surface area contributed by atoms with E-state index in [1.807, 2.05) is 29.2 Å². The molecule has 0 bridgehead atoms. The molecule has 4 rings (SSSR count). The first-order valence-corrected chi connectivity index (χ1v) is 10.7. The van der Waals surface area contributed by atoms with Crippen LogP contribution < -0.4 is 4.90 Å². The molecule has 1 saturated heterocycles. The van der Waals surface area contributed by atoms with Crippen LogP contribution in [0.25, 0.3) is 0 Å². The Bertz CT molecular complexity index is 930. The van der Waals surface area contributed by atoms with Gasteiger partial charge in [-0.1, -0.05) is 18.3 Å². The number of anilines is 1. The highest BCUT2D eigenvalue weighted by molar-refractivity contribution is 5.94. The fourth-order valence-electron chi connectivity index (χ4n) is 4.15. The van der Waals surface area contributed by atoms with Gasteiger partial charge in [-0.2, -0.15) is 0 Å². The van der Waals surface area contributed by atoms with Crippen LogP contribution in [-0.4, -0.2) is 47.7 Å². The molecular weight excluding hydrogens is 379 g/mol. The van der Waals surface area contributed by atoms with Crippen molar-refractivity contribution in [2.45, 2.75) is 37.7 Å². The number of carbonyl (C=O) groups is 1. The lowest BCUT2D eigenvalue weighted by Gasteiger charge is -2.36. The van der Waals surface area contributed by atoms with Crippen molar-refractivity contribution in [2.24, 2.45) is 0 Å². The molecule has 0 spiro atoms. The molecule has 1 aliphatic heterocycles. The molecular formula is C25H27FN2O2. The minimum Gasteiger partial charge on any atom is -0.378 e. The zero-order valence-electron chi connectivity index (χ0n) is 17.1. The van der Waals surface area contributed by atoms with Crippen LogP contribution in [0.5, 0.6) is 0 Å². The second-order valence-electron chi connectivity index (χ2n) is 8.18. The second-order valence-corrected chi connectivity index (χ2v) is 8.18. The Labute approximate surface area is 177 Å². The number of aliphatic hydroxyl groups is 1. The summed E-state index contributed by atoms with van der Waals surface area (Å²) in [6, 6.07) is 13.8. The lowest BCUT2D eigenvalue weighted by molar-refractivity contribution is 0.0610. The lowest BCUT2D eigenvalue weighted by atomic mass is 9.85. The minimum atomic E-state index is -0.864. The normalized spacial score (nSPS) is 18.5. The molecule has 0 atom stereocenters. The van der Waals surface area contributed by atoms with Crippen molar-refractivity contribution in [3.05, 3.63) is 65.5 Å². The number of carbonyl (C=O) groups excluding carboxylic acids is 1. The summed E-state index contributed by atoms with van der Waals surface area (Å²) in [6.07, 6.45) is 4.68. The predicted octanol–water partition coefficient (Wildman–Crippen LogP) is 3.83. The van der Waals surface area contributed by atoms with Gasteiger partial charge in [0.05, 0.1) is 0 Å². The van der Waals surface area contributed by atoms with Crippen LogP contribution in [0.1, 0.15) is 48.0 Å². The third-order valence-corrected chi connectivity index (χ3v) is 6.01. The van der Waals surface area contributed by atoms with Crippen LogP contribution in [0.2, 0.25) is 0 Å². The highest BCUT2D eigenvalue weighted by Gasteiger charge is 2.26. The van der Waals surface area contributed by atoms with E-state index in [0.29, 0.717) is 18.7 Å². The monoisotopic (exact) mass is 406 g/mol. The summed E-state index contributed by atoms with van der Waals surface area (Å²) in [6.45, 7) is 2.70. The number of amides is 1. The zero-order chi connectivity index (χ0) is 21.0. The number of piperazine rings is 1. The Morgan fingerprint density at radius 3 is 2.17 bits per heavy atom. The maximum atomic E-state index is 13.1. The molecule has 1 heterocycles. The van der Waals surface area contributed by atoms with Crippen LogP contribution >= 0.6 is 0 Å². The molecule has 30 heavy (non-hydrogen) atoms. The van der Waals surface area contributed by atoms with Gasteiger partial charge in [0.25, 0.3) is 5.91 Å². The number of benzene rings is 2. The fourth-order valence-corrected chi connectivity index (χ4v) is 4.15. The van der Waals surface area contributed by atoms with Crippen LogP contribution in [0.4, 0.5) is 10.1 Å². The van der Waals surface area contributed by atoms with Crippen molar-refractivity contribution < 1.29 is 14.3 Å². The summed E-state index contributed by atoms with van der Waals surface area (Å²) in [4.78, 5) is 16.9. The molecule has 2 fully saturated rings. The molecule has 2 aromatic rings. The third-order valence-electron chi connectivity index (χ3n) is 6.01. The van der Waals surface area contributed by atoms with Gasteiger partial charge in [0.15, 0.2) is 0 Å². The van der Waals surface area contributed by atoms with Gasteiger partial charge in [0, 0.05) is 43.0 Å². The van der Waals surface area contributed by atoms with Gasteiger partial charge in [-0.05, 0) is 74.2 Å². The number of hydrogen-bond donors (Lipinski definition) is 1. The van der Waals surface area contributed by atoms with Gasteiger partial charge >= 0.3 is 0 Å². The molecule has 0 unspecified atom stereocenters. The Morgan fingerprint density at radius 1 is 0.900 bits per heavy atom. The Balaban J connectivity index is 1.35. The van der Waals surface area contributed by atoms with Gasteiger partial charge in [-0.15, -0.1) is 0 Å². The average Bonchev–Trinajstić information content (AvgIpc) is 2.79. The molecule has 0 radical (unpaired) electrons. The van der Waals surface area contributed by atoms with Crippen molar-refractivity contribution >= 4 is 11.6 Å². The molecule has 5 heteroatoms. The van der Waals surface area contributed by atoms with Crippen molar-refractivity contribution in [1.82, 2.24) is 4.90 Å². The van der Waals surface area contributed by atoms with Crippen LogP contribution in [-0.2, 0) is 0 Å². The van der Waals surface area contributed by atoms with Gasteiger partial charge in [0.2, 0.25) is 0 Å². The Kier molecular flexibility index (Phi) is 6.06. The topological polar surface area (TPSA) is 43.8 Å². The molecule has 1 N–H and O–H groups in total.